The summed E-state index contributed by atoms with van der Waals surface area (Å²) >= 11 is 12.4. The van der Waals surface area contributed by atoms with Crippen molar-refractivity contribution in [1.29, 1.82) is 0 Å². The maximum atomic E-state index is 13.9. The second-order valence-corrected chi connectivity index (χ2v) is 11.3. The van der Waals surface area contributed by atoms with Crippen molar-refractivity contribution >= 4 is 50.7 Å². The summed E-state index contributed by atoms with van der Waals surface area (Å²) in [6.45, 7) is 5.16. The zero-order valence-electron chi connectivity index (χ0n) is 21.9. The molecule has 0 heterocycles. The van der Waals surface area contributed by atoms with Crippen LogP contribution in [-0.4, -0.2) is 50.9 Å². The monoisotopic (exact) mass is 591 g/mol. The van der Waals surface area contributed by atoms with Crippen LogP contribution in [-0.2, 0) is 26.2 Å². The summed E-state index contributed by atoms with van der Waals surface area (Å²) in [5.74, 6) is -0.690. The molecule has 0 fully saturated rings. The van der Waals surface area contributed by atoms with E-state index in [0.717, 1.165) is 4.31 Å². The highest BCUT2D eigenvalue weighted by molar-refractivity contribution is 7.92. The molecule has 0 aliphatic carbocycles. The van der Waals surface area contributed by atoms with E-state index >= 15 is 0 Å². The van der Waals surface area contributed by atoms with Crippen LogP contribution in [0.2, 0.25) is 10.0 Å². The van der Waals surface area contributed by atoms with Gasteiger partial charge in [-0.1, -0.05) is 59.6 Å². The standard InChI is InChI=1S/C28H31Cl2N3O5S/c1-4-31-28(35)20(3)32(18-21-15-16-22(29)17-24(21)30)27(34)19-33(25-13-9-10-14-26(25)38-5-2)39(36,37)23-11-7-6-8-12-23/h6-17,20H,4-5,18-19H2,1-3H3,(H,31,35)/t20-/m1/s1. The van der Waals surface area contributed by atoms with Gasteiger partial charge in [0.1, 0.15) is 18.3 Å². The second kappa shape index (κ2) is 13.7. The lowest BCUT2D eigenvalue weighted by Crippen LogP contribution is -2.51. The highest BCUT2D eigenvalue weighted by atomic mass is 35.5. The molecule has 208 valence electrons. The Morgan fingerprint density at radius 1 is 0.974 bits per heavy atom. The molecule has 2 amide bonds. The van der Waals surface area contributed by atoms with Gasteiger partial charge in [0.25, 0.3) is 10.0 Å². The van der Waals surface area contributed by atoms with Crippen molar-refractivity contribution in [3.8, 4) is 5.75 Å². The summed E-state index contributed by atoms with van der Waals surface area (Å²) in [6.07, 6.45) is 0. The number of likely N-dealkylation sites (N-methyl/N-ethyl adjacent to an activating group) is 1. The summed E-state index contributed by atoms with van der Waals surface area (Å²) in [4.78, 5) is 28.1. The Bertz CT molecular complexity index is 1400. The van der Waals surface area contributed by atoms with Gasteiger partial charge in [0.05, 0.1) is 17.2 Å². The van der Waals surface area contributed by atoms with Crippen LogP contribution in [0.15, 0.2) is 77.7 Å². The molecular weight excluding hydrogens is 561 g/mol. The van der Waals surface area contributed by atoms with Crippen molar-refractivity contribution in [2.75, 3.05) is 24.0 Å². The van der Waals surface area contributed by atoms with Gasteiger partial charge in [-0.3, -0.25) is 13.9 Å². The van der Waals surface area contributed by atoms with Crippen LogP contribution in [0.4, 0.5) is 5.69 Å². The Morgan fingerprint density at radius 2 is 1.64 bits per heavy atom. The maximum Gasteiger partial charge on any atom is 0.264 e. The second-order valence-electron chi connectivity index (χ2n) is 8.55. The molecule has 3 rings (SSSR count). The predicted octanol–water partition coefficient (Wildman–Crippen LogP) is 5.14. The van der Waals surface area contributed by atoms with E-state index in [1.807, 2.05) is 0 Å². The van der Waals surface area contributed by atoms with Crippen LogP contribution < -0.4 is 14.4 Å². The average molecular weight is 593 g/mol. The first-order chi connectivity index (χ1) is 18.6. The smallest absolute Gasteiger partial charge is 0.264 e. The largest absolute Gasteiger partial charge is 0.492 e. The summed E-state index contributed by atoms with van der Waals surface area (Å²) in [5.41, 5.74) is 0.754. The number of para-hydroxylation sites is 2. The van der Waals surface area contributed by atoms with Crippen LogP contribution in [0.5, 0.6) is 5.75 Å². The lowest BCUT2D eigenvalue weighted by Gasteiger charge is -2.32. The van der Waals surface area contributed by atoms with Crippen molar-refractivity contribution in [2.24, 2.45) is 0 Å². The molecule has 39 heavy (non-hydrogen) atoms. The van der Waals surface area contributed by atoms with Gasteiger partial charge in [0, 0.05) is 23.1 Å². The number of rotatable bonds is 12. The molecular formula is C28H31Cl2N3O5S. The topological polar surface area (TPSA) is 96.0 Å². The summed E-state index contributed by atoms with van der Waals surface area (Å²) in [5, 5.41) is 3.46. The molecule has 0 aromatic heterocycles. The number of anilines is 1. The minimum absolute atomic E-state index is 0.00757. The molecule has 3 aromatic carbocycles. The first kappa shape index (κ1) is 30.3. The third kappa shape index (κ3) is 7.44. The maximum absolute atomic E-state index is 13.9. The molecule has 11 heteroatoms. The van der Waals surface area contributed by atoms with E-state index in [1.54, 1.807) is 81.4 Å². The third-order valence-corrected chi connectivity index (χ3v) is 8.28. The van der Waals surface area contributed by atoms with E-state index < -0.39 is 28.5 Å². The van der Waals surface area contributed by atoms with Gasteiger partial charge in [-0.15, -0.1) is 0 Å². The first-order valence-electron chi connectivity index (χ1n) is 12.4. The molecule has 0 aliphatic rings. The van der Waals surface area contributed by atoms with Crippen molar-refractivity contribution in [2.45, 2.75) is 38.3 Å². The van der Waals surface area contributed by atoms with Crippen LogP contribution >= 0.6 is 23.2 Å². The molecule has 0 radical (unpaired) electrons. The zero-order chi connectivity index (χ0) is 28.6. The quantitative estimate of drug-likeness (QED) is 0.314. The first-order valence-corrected chi connectivity index (χ1v) is 14.6. The molecule has 1 N–H and O–H groups in total. The number of benzene rings is 3. The van der Waals surface area contributed by atoms with E-state index in [2.05, 4.69) is 5.32 Å². The Labute approximate surface area is 239 Å². The predicted molar refractivity (Wildman–Crippen MR) is 154 cm³/mol. The van der Waals surface area contributed by atoms with E-state index in [-0.39, 0.29) is 23.0 Å². The van der Waals surface area contributed by atoms with Gasteiger partial charge >= 0.3 is 0 Å². The number of hydrogen-bond donors (Lipinski definition) is 1. The molecule has 0 bridgehead atoms. The average Bonchev–Trinajstić information content (AvgIpc) is 2.92. The van der Waals surface area contributed by atoms with Crippen molar-refractivity contribution in [1.82, 2.24) is 10.2 Å². The van der Waals surface area contributed by atoms with E-state index in [9.17, 15) is 18.0 Å². The number of nitrogens with zero attached hydrogens (tertiary/aromatic N) is 2. The molecule has 3 aromatic rings. The fourth-order valence-corrected chi connectivity index (χ4v) is 5.83. The van der Waals surface area contributed by atoms with Crippen LogP contribution in [0.3, 0.4) is 0 Å². The number of sulfonamides is 1. The SMILES string of the molecule is CCNC(=O)[C@@H](C)N(Cc1ccc(Cl)cc1Cl)C(=O)CN(c1ccccc1OCC)S(=O)(=O)c1ccccc1. The van der Waals surface area contributed by atoms with E-state index in [4.69, 9.17) is 27.9 Å². The van der Waals surface area contributed by atoms with Gasteiger partial charge in [0.15, 0.2) is 0 Å². The molecule has 0 aliphatic heterocycles. The fourth-order valence-electron chi connectivity index (χ4n) is 3.91. The zero-order valence-corrected chi connectivity index (χ0v) is 24.3. The van der Waals surface area contributed by atoms with Gasteiger partial charge in [-0.05, 0) is 62.7 Å². The molecule has 0 saturated carbocycles. The Morgan fingerprint density at radius 3 is 2.28 bits per heavy atom. The van der Waals surface area contributed by atoms with Crippen molar-refractivity contribution in [3.63, 3.8) is 0 Å². The van der Waals surface area contributed by atoms with Gasteiger partial charge in [0.2, 0.25) is 11.8 Å². The number of halogens is 2. The summed E-state index contributed by atoms with van der Waals surface area (Å²) in [7, 11) is -4.20. The van der Waals surface area contributed by atoms with Crippen molar-refractivity contribution in [3.05, 3.63) is 88.4 Å². The van der Waals surface area contributed by atoms with Gasteiger partial charge in [-0.25, -0.2) is 8.42 Å². The Kier molecular flexibility index (Phi) is 10.6. The van der Waals surface area contributed by atoms with E-state index in [0.29, 0.717) is 34.5 Å². The number of hydrogen-bond acceptors (Lipinski definition) is 5. The van der Waals surface area contributed by atoms with E-state index in [1.165, 1.54) is 17.0 Å². The summed E-state index contributed by atoms with van der Waals surface area (Å²) in [6, 6.07) is 18.3. The normalized spacial score (nSPS) is 11.9. The minimum Gasteiger partial charge on any atom is -0.492 e. The molecule has 8 nitrogen and oxygen atoms in total. The highest BCUT2D eigenvalue weighted by Gasteiger charge is 2.33. The highest BCUT2D eigenvalue weighted by Crippen LogP contribution is 2.33. The third-order valence-electron chi connectivity index (χ3n) is 5.92. The molecule has 1 atom stereocenters. The van der Waals surface area contributed by atoms with Crippen LogP contribution in [0.1, 0.15) is 26.3 Å². The molecule has 0 unspecified atom stereocenters. The van der Waals surface area contributed by atoms with Crippen LogP contribution in [0.25, 0.3) is 0 Å². The Hall–Kier alpha value is -3.27. The number of ether oxygens (including phenoxy) is 1. The number of carbonyl (C=O) groups excluding carboxylic acids is 2. The van der Waals surface area contributed by atoms with Gasteiger partial charge < -0.3 is 15.0 Å². The number of carbonyl (C=O) groups is 2. The Balaban J connectivity index is 2.09. The van der Waals surface area contributed by atoms with Crippen LogP contribution in [0, 0.1) is 0 Å². The van der Waals surface area contributed by atoms with Crippen molar-refractivity contribution < 1.29 is 22.7 Å². The minimum atomic E-state index is -4.20. The fraction of sp³-hybridized carbons (Fsp3) is 0.286. The number of amides is 2. The molecule has 0 saturated heterocycles. The summed E-state index contributed by atoms with van der Waals surface area (Å²) < 4.78 is 34.5. The van der Waals surface area contributed by atoms with Gasteiger partial charge in [-0.2, -0.15) is 0 Å². The number of nitrogens with one attached hydrogen (secondary N) is 1. The lowest BCUT2D eigenvalue weighted by atomic mass is 10.1. The molecule has 0 spiro atoms. The lowest BCUT2D eigenvalue weighted by molar-refractivity contribution is -0.139.